The molecule has 8 rings (SSSR count). The van der Waals surface area contributed by atoms with E-state index in [-0.39, 0.29) is 32.4 Å². The van der Waals surface area contributed by atoms with Gasteiger partial charge in [0, 0.05) is 29.0 Å². The molecule has 268 valence electrons. The maximum Gasteiger partial charge on any atom is 2.00 e. The first-order valence-electron chi connectivity index (χ1n) is 17.9. The monoisotopic (exact) mass is 886 g/mol. The Bertz CT molecular complexity index is 2270. The molecule has 0 N–H and O–H groups in total. The fourth-order valence-electron chi connectivity index (χ4n) is 7.60. The summed E-state index contributed by atoms with van der Waals surface area (Å²) in [5.41, 5.74) is 10.6. The molecule has 2 atom stereocenters. The van der Waals surface area contributed by atoms with Gasteiger partial charge in [0.05, 0.1) is 10.6 Å². The summed E-state index contributed by atoms with van der Waals surface area (Å²) in [6, 6.07) is 30.9. The van der Waals surface area contributed by atoms with Gasteiger partial charge in [0.1, 0.15) is 22.9 Å². The molecule has 3 heterocycles. The normalized spacial score (nSPS) is 20.0. The zero-order valence-corrected chi connectivity index (χ0v) is 34.7. The number of benzene rings is 4. The summed E-state index contributed by atoms with van der Waals surface area (Å²) >= 11 is 1.77. The van der Waals surface area contributed by atoms with Crippen LogP contribution in [0.1, 0.15) is 98.9 Å². The Labute approximate surface area is 327 Å². The van der Waals surface area contributed by atoms with E-state index in [0.717, 1.165) is 45.2 Å². The number of pyridine rings is 1. The Balaban J connectivity index is 0.00000420. The third-order valence-electron chi connectivity index (χ3n) is 11.0. The van der Waals surface area contributed by atoms with Crippen molar-refractivity contribution in [2.75, 3.05) is 4.90 Å². The topological polar surface area (TPSA) is 47.0 Å². The Hall–Kier alpha value is -3.86. The SMILES string of the molecule is Cc1cc(Oc2[c-]c(C3=N[C@]4(C)c5ccc(C)c(C)c5C[C@]4(C)O3)cc(C(C)C)c2)[c-]c(N2c3ccc(C(C)(C)C)cc3Sc3cccnc32)c1.[Pt+2]. The van der Waals surface area contributed by atoms with Gasteiger partial charge in [0.25, 0.3) is 0 Å². The van der Waals surface area contributed by atoms with Gasteiger partial charge in [-0.25, -0.2) is 4.98 Å². The van der Waals surface area contributed by atoms with Crippen molar-refractivity contribution in [3.8, 4) is 11.5 Å². The molecule has 3 aliphatic rings. The average molecular weight is 887 g/mol. The largest absolute Gasteiger partial charge is 2.00 e. The zero-order valence-electron chi connectivity index (χ0n) is 31.6. The molecule has 5 aromatic rings. The molecule has 4 aromatic carbocycles. The fraction of sp³-hybridized carbons (Fsp3) is 0.333. The molecule has 0 saturated heterocycles. The van der Waals surface area contributed by atoms with Crippen molar-refractivity contribution in [1.82, 2.24) is 4.98 Å². The molecule has 2 aliphatic heterocycles. The molecule has 0 unspecified atom stereocenters. The van der Waals surface area contributed by atoms with Gasteiger partial charge >= 0.3 is 21.1 Å². The van der Waals surface area contributed by atoms with E-state index in [0.29, 0.717) is 17.4 Å². The van der Waals surface area contributed by atoms with Crippen LogP contribution in [0.25, 0.3) is 0 Å². The quantitative estimate of drug-likeness (QED) is 0.161. The minimum Gasteiger partial charge on any atom is -0.511 e. The molecule has 0 bridgehead atoms. The summed E-state index contributed by atoms with van der Waals surface area (Å²) in [4.78, 5) is 14.7. The summed E-state index contributed by atoms with van der Waals surface area (Å²) in [5.74, 6) is 2.99. The van der Waals surface area contributed by atoms with Crippen molar-refractivity contribution in [2.45, 2.75) is 108 Å². The van der Waals surface area contributed by atoms with Crippen molar-refractivity contribution in [3.05, 3.63) is 130 Å². The van der Waals surface area contributed by atoms with E-state index < -0.39 is 11.1 Å². The standard InChI is InChI=1S/C45H45N3O2S.Pt/c1-26(2)30-20-31(42-47-45(10)37-15-13-28(4)29(5)36(37)25-44(45,9)50-42)22-35(21-30)49-34-19-27(3)18-33(24-34)48-38-16-14-32(43(6,7)8)23-40(38)51-39-12-11-17-46-41(39)48;/h11-21,23,26H,25H2,1-10H3;/q-2;+2/t44-,45+;/m0./s1. The fourth-order valence-corrected chi connectivity index (χ4v) is 8.67. The van der Waals surface area contributed by atoms with Gasteiger partial charge in [-0.2, -0.15) is 5.56 Å². The van der Waals surface area contributed by atoms with Crippen molar-refractivity contribution in [1.29, 1.82) is 0 Å². The van der Waals surface area contributed by atoms with Crippen molar-refractivity contribution >= 4 is 34.9 Å². The maximum atomic E-state index is 6.83. The van der Waals surface area contributed by atoms with E-state index in [1.807, 2.05) is 18.3 Å². The van der Waals surface area contributed by atoms with E-state index in [1.165, 1.54) is 32.7 Å². The number of aryl methyl sites for hydroxylation is 2. The second kappa shape index (κ2) is 12.9. The van der Waals surface area contributed by atoms with Gasteiger partial charge in [0.2, 0.25) is 0 Å². The molecule has 0 amide bonds. The summed E-state index contributed by atoms with van der Waals surface area (Å²) in [5, 5.41) is 0. The summed E-state index contributed by atoms with van der Waals surface area (Å²) in [6.07, 6.45) is 2.67. The molecule has 7 heteroatoms. The third-order valence-corrected chi connectivity index (χ3v) is 12.1. The third kappa shape index (κ3) is 6.00. The molecule has 0 fully saturated rings. The molecule has 5 nitrogen and oxygen atoms in total. The molecular weight excluding hydrogens is 842 g/mol. The number of aromatic nitrogens is 1. The van der Waals surface area contributed by atoms with Crippen LogP contribution in [0.15, 0.2) is 87.7 Å². The maximum absolute atomic E-state index is 6.83. The second-order valence-electron chi connectivity index (χ2n) is 16.1. The first-order chi connectivity index (χ1) is 24.1. The number of hydrogen-bond acceptors (Lipinski definition) is 6. The van der Waals surface area contributed by atoms with E-state index in [2.05, 4.69) is 141 Å². The van der Waals surface area contributed by atoms with Gasteiger partial charge < -0.3 is 14.4 Å². The van der Waals surface area contributed by atoms with Crippen molar-refractivity contribution in [2.24, 2.45) is 4.99 Å². The van der Waals surface area contributed by atoms with Gasteiger partial charge in [-0.05, 0) is 91.1 Å². The van der Waals surface area contributed by atoms with Crippen LogP contribution in [0.4, 0.5) is 17.2 Å². The Morgan fingerprint density at radius 1 is 0.923 bits per heavy atom. The van der Waals surface area contributed by atoms with Gasteiger partial charge in [-0.3, -0.25) is 4.99 Å². The van der Waals surface area contributed by atoms with E-state index in [1.54, 1.807) is 11.8 Å². The van der Waals surface area contributed by atoms with E-state index >= 15 is 0 Å². The molecular formula is C45H45N3O2PtS. The number of anilines is 3. The summed E-state index contributed by atoms with van der Waals surface area (Å²) in [6.45, 7) is 22.0. The number of hydrogen-bond donors (Lipinski definition) is 0. The molecule has 0 spiro atoms. The Kier molecular flexibility index (Phi) is 9.07. The van der Waals surface area contributed by atoms with Crippen LogP contribution in [-0.2, 0) is 43.2 Å². The predicted molar refractivity (Wildman–Crippen MR) is 208 cm³/mol. The number of aliphatic imine (C=N–C) groups is 1. The van der Waals surface area contributed by atoms with Crippen molar-refractivity contribution in [3.63, 3.8) is 0 Å². The van der Waals surface area contributed by atoms with Crippen LogP contribution in [0.5, 0.6) is 11.5 Å². The van der Waals surface area contributed by atoms with Crippen LogP contribution in [-0.4, -0.2) is 16.5 Å². The Morgan fingerprint density at radius 3 is 2.44 bits per heavy atom. The van der Waals surface area contributed by atoms with Crippen LogP contribution < -0.4 is 9.64 Å². The van der Waals surface area contributed by atoms with Gasteiger partial charge in [-0.15, -0.1) is 29.8 Å². The molecule has 0 saturated carbocycles. The van der Waals surface area contributed by atoms with E-state index in [9.17, 15) is 0 Å². The molecule has 1 aromatic heterocycles. The predicted octanol–water partition coefficient (Wildman–Crippen LogP) is 11.8. The molecule has 1 aliphatic carbocycles. The number of ether oxygens (including phenoxy) is 2. The van der Waals surface area contributed by atoms with Crippen molar-refractivity contribution < 1.29 is 30.5 Å². The zero-order chi connectivity index (χ0) is 36.0. The first-order valence-corrected chi connectivity index (χ1v) is 18.7. The number of nitrogens with zero attached hydrogens (tertiary/aromatic N) is 3. The van der Waals surface area contributed by atoms with Crippen LogP contribution in [0.2, 0.25) is 0 Å². The van der Waals surface area contributed by atoms with Crippen LogP contribution >= 0.6 is 11.8 Å². The minimum absolute atomic E-state index is 0. The second-order valence-corrected chi connectivity index (χ2v) is 17.2. The molecule has 0 radical (unpaired) electrons. The smallest absolute Gasteiger partial charge is 0.511 e. The van der Waals surface area contributed by atoms with E-state index in [4.69, 9.17) is 19.5 Å². The van der Waals surface area contributed by atoms with Crippen LogP contribution in [0.3, 0.4) is 0 Å². The summed E-state index contributed by atoms with van der Waals surface area (Å²) in [7, 11) is 0. The summed E-state index contributed by atoms with van der Waals surface area (Å²) < 4.78 is 13.5. The average Bonchev–Trinajstić information content (AvgIpc) is 3.46. The van der Waals surface area contributed by atoms with Gasteiger partial charge in [-0.1, -0.05) is 94.9 Å². The van der Waals surface area contributed by atoms with Gasteiger partial charge in [0.15, 0.2) is 0 Å². The Morgan fingerprint density at radius 2 is 1.69 bits per heavy atom. The first kappa shape index (κ1) is 36.5. The number of rotatable bonds is 5. The van der Waals surface area contributed by atoms with Crippen LogP contribution in [0, 0.1) is 32.9 Å². The minimum atomic E-state index is -0.487. The number of fused-ring (bicyclic) bond motifs is 5. The molecule has 52 heavy (non-hydrogen) atoms.